The maximum Gasteiger partial charge on any atom is 0.254 e. The fraction of sp³-hybridized carbons (Fsp3) is 0.143. The van der Waals surface area contributed by atoms with Crippen LogP contribution in [0.25, 0.3) is 0 Å². The van der Waals surface area contributed by atoms with E-state index in [1.807, 2.05) is 0 Å². The van der Waals surface area contributed by atoms with Crippen molar-refractivity contribution in [3.63, 3.8) is 0 Å². The molecule has 0 aromatic carbocycles. The molecule has 1 heterocycles. The van der Waals surface area contributed by atoms with Gasteiger partial charge in [0.2, 0.25) is 0 Å². The number of nitrogens with zero attached hydrogens (tertiary/aromatic N) is 1. The average molecular weight is 250 g/mol. The molecule has 3 nitrogen and oxygen atoms in total. The van der Waals surface area contributed by atoms with Gasteiger partial charge in [0.15, 0.2) is 6.10 Å². The van der Waals surface area contributed by atoms with Gasteiger partial charge in [-0.3, -0.25) is 9.78 Å². The van der Waals surface area contributed by atoms with Crippen LogP contribution in [0.15, 0.2) is 22.9 Å². The lowest BCUT2D eigenvalue weighted by molar-refractivity contribution is -0.119. The average Bonchev–Trinajstić information content (AvgIpc) is 2.03. The molecule has 5 heteroatoms. The summed E-state index contributed by atoms with van der Waals surface area (Å²) in [5.41, 5.74) is 0.379. The zero-order valence-electron chi connectivity index (χ0n) is 5.87. The Morgan fingerprint density at radius 1 is 1.67 bits per heavy atom. The zero-order valence-corrected chi connectivity index (χ0v) is 8.21. The molecule has 64 valence electrons. The van der Waals surface area contributed by atoms with Crippen LogP contribution in [0, 0.1) is 0 Å². The van der Waals surface area contributed by atoms with Crippen molar-refractivity contribution < 1.29 is 9.90 Å². The van der Waals surface area contributed by atoms with Gasteiger partial charge in [0.05, 0.1) is 0 Å². The molecule has 0 radical (unpaired) electrons. The number of carbonyl (C=O) groups excluding carboxylic acids is 1. The van der Waals surface area contributed by atoms with Crippen LogP contribution in [-0.2, 0) is 4.79 Å². The van der Waals surface area contributed by atoms with E-state index in [9.17, 15) is 9.90 Å². The van der Waals surface area contributed by atoms with Crippen molar-refractivity contribution in [2.24, 2.45) is 0 Å². The first kappa shape index (κ1) is 9.64. The van der Waals surface area contributed by atoms with Gasteiger partial charge in [0, 0.05) is 22.4 Å². The Bertz CT molecular complexity index is 305. The third kappa shape index (κ3) is 2.27. The molecule has 0 bridgehead atoms. The van der Waals surface area contributed by atoms with E-state index in [2.05, 4.69) is 20.9 Å². The number of aliphatic hydroxyl groups excluding tert-OH is 1. The highest BCUT2D eigenvalue weighted by atomic mass is 79.9. The molecule has 0 aliphatic rings. The van der Waals surface area contributed by atoms with Crippen LogP contribution in [0.1, 0.15) is 11.7 Å². The summed E-state index contributed by atoms with van der Waals surface area (Å²) >= 11 is 8.23. The highest BCUT2D eigenvalue weighted by Crippen LogP contribution is 2.18. The number of rotatable bonds is 2. The van der Waals surface area contributed by atoms with Crippen molar-refractivity contribution in [2.75, 3.05) is 0 Å². The minimum absolute atomic E-state index is 0.379. The third-order valence-electron chi connectivity index (χ3n) is 1.26. The van der Waals surface area contributed by atoms with Crippen LogP contribution in [0.4, 0.5) is 0 Å². The summed E-state index contributed by atoms with van der Waals surface area (Å²) in [5, 5.41) is 8.37. The topological polar surface area (TPSA) is 50.2 Å². The number of hydrogen-bond donors (Lipinski definition) is 1. The first-order valence-electron chi connectivity index (χ1n) is 3.09. The molecule has 1 aromatic heterocycles. The fourth-order valence-corrected chi connectivity index (χ4v) is 1.22. The van der Waals surface area contributed by atoms with Crippen molar-refractivity contribution in [2.45, 2.75) is 6.10 Å². The molecule has 0 aliphatic heterocycles. The highest BCUT2D eigenvalue weighted by molar-refractivity contribution is 9.10. The van der Waals surface area contributed by atoms with Gasteiger partial charge < -0.3 is 5.11 Å². The van der Waals surface area contributed by atoms with Gasteiger partial charge >= 0.3 is 0 Å². The van der Waals surface area contributed by atoms with Gasteiger partial charge in [0.25, 0.3) is 5.24 Å². The monoisotopic (exact) mass is 249 g/mol. The second-order valence-corrected chi connectivity index (χ2v) is 3.43. The number of halogens is 2. The lowest BCUT2D eigenvalue weighted by Gasteiger charge is -2.04. The van der Waals surface area contributed by atoms with E-state index in [0.29, 0.717) is 10.0 Å². The van der Waals surface area contributed by atoms with E-state index in [-0.39, 0.29) is 0 Å². The Labute approximate surface area is 82.5 Å². The summed E-state index contributed by atoms with van der Waals surface area (Å²) in [6.45, 7) is 0. The smallest absolute Gasteiger partial charge is 0.254 e. The van der Waals surface area contributed by atoms with Crippen molar-refractivity contribution in [1.29, 1.82) is 0 Å². The SMILES string of the molecule is O=C(Cl)C(O)c1cncc(Br)c1. The largest absolute Gasteiger partial charge is 0.379 e. The number of carbonyl (C=O) groups is 1. The molecule has 0 fully saturated rings. The highest BCUT2D eigenvalue weighted by Gasteiger charge is 2.14. The van der Waals surface area contributed by atoms with Crippen LogP contribution in [-0.4, -0.2) is 15.3 Å². The minimum atomic E-state index is -1.29. The Balaban J connectivity index is 2.95. The lowest BCUT2D eigenvalue weighted by atomic mass is 10.2. The molecule has 0 saturated carbocycles. The summed E-state index contributed by atoms with van der Waals surface area (Å²) in [6.07, 6.45) is 1.64. The summed E-state index contributed by atoms with van der Waals surface area (Å²) in [5.74, 6) is 0. The molecule has 0 saturated heterocycles. The van der Waals surface area contributed by atoms with Crippen molar-refractivity contribution in [3.8, 4) is 0 Å². The molecule has 0 spiro atoms. The predicted molar refractivity (Wildman–Crippen MR) is 47.8 cm³/mol. The molecule has 1 rings (SSSR count). The van der Waals surface area contributed by atoms with Crippen LogP contribution in [0.2, 0.25) is 0 Å². The maximum atomic E-state index is 10.5. The van der Waals surface area contributed by atoms with E-state index in [1.54, 1.807) is 12.3 Å². The minimum Gasteiger partial charge on any atom is -0.379 e. The maximum absolute atomic E-state index is 10.5. The Morgan fingerprint density at radius 2 is 2.33 bits per heavy atom. The van der Waals surface area contributed by atoms with Gasteiger partial charge in [-0.05, 0) is 33.6 Å². The molecule has 0 amide bonds. The normalized spacial score (nSPS) is 12.6. The van der Waals surface area contributed by atoms with E-state index in [0.717, 1.165) is 0 Å². The van der Waals surface area contributed by atoms with Crippen LogP contribution in [0.5, 0.6) is 0 Å². The van der Waals surface area contributed by atoms with E-state index in [1.165, 1.54) is 6.20 Å². The predicted octanol–water partition coefficient (Wildman–Crippen LogP) is 1.64. The second-order valence-electron chi connectivity index (χ2n) is 2.14. The first-order valence-corrected chi connectivity index (χ1v) is 4.26. The summed E-state index contributed by atoms with van der Waals surface area (Å²) in [6, 6.07) is 1.58. The number of hydrogen-bond acceptors (Lipinski definition) is 3. The van der Waals surface area contributed by atoms with Crippen LogP contribution in [0.3, 0.4) is 0 Å². The lowest BCUT2D eigenvalue weighted by Crippen LogP contribution is -2.05. The van der Waals surface area contributed by atoms with Crippen LogP contribution >= 0.6 is 27.5 Å². The molecular weight excluding hydrogens is 245 g/mol. The van der Waals surface area contributed by atoms with Gasteiger partial charge in [-0.1, -0.05) is 0 Å². The standard InChI is InChI=1S/C7H5BrClNO2/c8-5-1-4(2-10-3-5)6(11)7(9)12/h1-3,6,11H. The summed E-state index contributed by atoms with van der Waals surface area (Å²) < 4.78 is 0.692. The van der Waals surface area contributed by atoms with Gasteiger partial charge in [-0.2, -0.15) is 0 Å². The summed E-state index contributed by atoms with van der Waals surface area (Å²) in [7, 11) is 0. The molecule has 1 atom stereocenters. The molecular formula is C7H5BrClNO2. The zero-order chi connectivity index (χ0) is 9.14. The molecule has 12 heavy (non-hydrogen) atoms. The van der Waals surface area contributed by atoms with Crippen molar-refractivity contribution in [3.05, 3.63) is 28.5 Å². The van der Waals surface area contributed by atoms with E-state index in [4.69, 9.17) is 11.6 Å². The summed E-state index contributed by atoms with van der Waals surface area (Å²) in [4.78, 5) is 14.3. The first-order chi connectivity index (χ1) is 5.61. The van der Waals surface area contributed by atoms with Gasteiger partial charge in [0.1, 0.15) is 0 Å². The van der Waals surface area contributed by atoms with Gasteiger partial charge in [-0.15, -0.1) is 0 Å². The Hall–Kier alpha value is -0.450. The number of aromatic nitrogens is 1. The Kier molecular flexibility index (Phi) is 3.20. The third-order valence-corrected chi connectivity index (χ3v) is 1.90. The molecule has 1 unspecified atom stereocenters. The Morgan fingerprint density at radius 3 is 2.83 bits per heavy atom. The molecule has 1 aromatic rings. The molecule has 1 N–H and O–H groups in total. The van der Waals surface area contributed by atoms with Crippen LogP contribution < -0.4 is 0 Å². The van der Waals surface area contributed by atoms with Crippen molar-refractivity contribution in [1.82, 2.24) is 4.98 Å². The second kappa shape index (κ2) is 3.98. The van der Waals surface area contributed by atoms with E-state index >= 15 is 0 Å². The quantitative estimate of drug-likeness (QED) is 0.812. The fourth-order valence-electron chi connectivity index (χ4n) is 0.709. The van der Waals surface area contributed by atoms with Gasteiger partial charge in [-0.25, -0.2) is 0 Å². The van der Waals surface area contributed by atoms with E-state index < -0.39 is 11.3 Å². The molecule has 0 aliphatic carbocycles. The number of aliphatic hydroxyl groups is 1. The number of pyridine rings is 1. The van der Waals surface area contributed by atoms with Crippen molar-refractivity contribution >= 4 is 32.8 Å².